The van der Waals surface area contributed by atoms with Crippen molar-refractivity contribution in [3.63, 3.8) is 0 Å². The number of hydrogen-bond acceptors (Lipinski definition) is 3. The number of benzene rings is 1. The molecule has 0 aliphatic rings. The molecule has 2 rings (SSSR count). The monoisotopic (exact) mass is 387 g/mol. The molecular formula is C15H16BrCl2N3. The summed E-state index contributed by atoms with van der Waals surface area (Å²) in [5, 5.41) is 7.35. The van der Waals surface area contributed by atoms with Gasteiger partial charge in [0.05, 0.1) is 10.0 Å². The molecule has 1 heterocycles. The Morgan fingerprint density at radius 1 is 1.05 bits per heavy atom. The van der Waals surface area contributed by atoms with Crippen LogP contribution in [0.4, 0.5) is 17.3 Å². The lowest BCUT2D eigenvalue weighted by molar-refractivity contribution is 1.16. The van der Waals surface area contributed by atoms with Gasteiger partial charge in [-0.05, 0) is 50.1 Å². The van der Waals surface area contributed by atoms with Crippen molar-refractivity contribution in [2.24, 2.45) is 0 Å². The van der Waals surface area contributed by atoms with E-state index in [2.05, 4.69) is 31.5 Å². The molecule has 0 unspecified atom stereocenters. The lowest BCUT2D eigenvalue weighted by Crippen LogP contribution is -2.03. The van der Waals surface area contributed by atoms with E-state index in [0.29, 0.717) is 21.7 Å². The van der Waals surface area contributed by atoms with Crippen LogP contribution in [0.15, 0.2) is 22.7 Å². The van der Waals surface area contributed by atoms with Gasteiger partial charge in [-0.25, -0.2) is 4.98 Å². The van der Waals surface area contributed by atoms with Crippen molar-refractivity contribution in [2.45, 2.75) is 20.8 Å². The van der Waals surface area contributed by atoms with Gasteiger partial charge in [-0.1, -0.05) is 39.1 Å². The molecule has 6 heteroatoms. The molecule has 2 aromatic rings. The summed E-state index contributed by atoms with van der Waals surface area (Å²) in [4.78, 5) is 4.44. The molecule has 0 saturated carbocycles. The van der Waals surface area contributed by atoms with Gasteiger partial charge in [0.25, 0.3) is 0 Å². The zero-order chi connectivity index (χ0) is 15.6. The molecule has 0 atom stereocenters. The average Bonchev–Trinajstić information content (AvgIpc) is 2.41. The van der Waals surface area contributed by atoms with Crippen molar-refractivity contribution in [3.05, 3.63) is 43.8 Å². The second-order valence-electron chi connectivity index (χ2n) is 4.73. The molecule has 1 aromatic heterocycles. The number of halogens is 3. The summed E-state index contributed by atoms with van der Waals surface area (Å²) in [5.41, 5.74) is 3.23. The molecule has 0 bridgehead atoms. The Kier molecular flexibility index (Phi) is 5.36. The number of hydrogen-bond donors (Lipinski definition) is 2. The van der Waals surface area contributed by atoms with Gasteiger partial charge in [0.15, 0.2) is 5.82 Å². The third-order valence-corrected chi connectivity index (χ3v) is 4.80. The van der Waals surface area contributed by atoms with Gasteiger partial charge in [-0.15, -0.1) is 0 Å². The Bertz CT molecular complexity index is 651. The second kappa shape index (κ2) is 6.86. The Morgan fingerprint density at radius 2 is 1.62 bits per heavy atom. The van der Waals surface area contributed by atoms with E-state index in [4.69, 9.17) is 23.2 Å². The Hall–Kier alpha value is -0.970. The second-order valence-corrected chi connectivity index (χ2v) is 6.34. The summed E-state index contributed by atoms with van der Waals surface area (Å²) >= 11 is 15.9. The highest BCUT2D eigenvalue weighted by atomic mass is 79.9. The fraction of sp³-hybridized carbons (Fsp3) is 0.267. The molecule has 0 radical (unpaired) electrons. The minimum atomic E-state index is 0.486. The van der Waals surface area contributed by atoms with Gasteiger partial charge in [-0.2, -0.15) is 0 Å². The standard InChI is InChI=1S/C15H16BrCl2N3/c1-4-19-14-11(17)7-12(18)15(21-14)20-10-5-8(2)13(16)9(3)6-10/h5-7H,4H2,1-3H3,(H2,19,20,21). The van der Waals surface area contributed by atoms with Crippen molar-refractivity contribution in [1.82, 2.24) is 4.98 Å². The highest BCUT2D eigenvalue weighted by Gasteiger charge is 2.10. The lowest BCUT2D eigenvalue weighted by atomic mass is 10.1. The molecule has 0 spiro atoms. The molecular weight excluding hydrogens is 373 g/mol. The predicted molar refractivity (Wildman–Crippen MR) is 95.3 cm³/mol. The maximum Gasteiger partial charge on any atom is 0.151 e. The van der Waals surface area contributed by atoms with Crippen LogP contribution in [-0.4, -0.2) is 11.5 Å². The van der Waals surface area contributed by atoms with Gasteiger partial charge >= 0.3 is 0 Å². The number of aryl methyl sites for hydroxylation is 2. The number of nitrogens with zero attached hydrogens (tertiary/aromatic N) is 1. The lowest BCUT2D eigenvalue weighted by Gasteiger charge is -2.13. The molecule has 0 fully saturated rings. The van der Waals surface area contributed by atoms with E-state index in [1.165, 1.54) is 0 Å². The summed E-state index contributed by atoms with van der Waals surface area (Å²) in [5.74, 6) is 1.20. The van der Waals surface area contributed by atoms with Crippen molar-refractivity contribution in [2.75, 3.05) is 17.2 Å². The van der Waals surface area contributed by atoms with Crippen molar-refractivity contribution >= 4 is 56.5 Å². The zero-order valence-corrected chi connectivity index (χ0v) is 15.1. The molecule has 2 N–H and O–H groups in total. The molecule has 0 amide bonds. The topological polar surface area (TPSA) is 37.0 Å². The van der Waals surface area contributed by atoms with Gasteiger partial charge < -0.3 is 10.6 Å². The van der Waals surface area contributed by atoms with Crippen LogP contribution in [-0.2, 0) is 0 Å². The Balaban J connectivity index is 2.37. The fourth-order valence-corrected chi connectivity index (χ4v) is 2.70. The van der Waals surface area contributed by atoms with Crippen LogP contribution >= 0.6 is 39.1 Å². The van der Waals surface area contributed by atoms with Crippen molar-refractivity contribution < 1.29 is 0 Å². The van der Waals surface area contributed by atoms with Gasteiger partial charge in [-0.3, -0.25) is 0 Å². The minimum Gasteiger partial charge on any atom is -0.369 e. The predicted octanol–water partition coefficient (Wildman–Crippen LogP) is 5.94. The van der Waals surface area contributed by atoms with E-state index in [1.54, 1.807) is 6.07 Å². The Morgan fingerprint density at radius 3 is 2.19 bits per heavy atom. The Labute approximate surface area is 143 Å². The van der Waals surface area contributed by atoms with E-state index >= 15 is 0 Å². The maximum atomic E-state index is 6.22. The SMILES string of the molecule is CCNc1nc(Nc2cc(C)c(Br)c(C)c2)c(Cl)cc1Cl. The minimum absolute atomic E-state index is 0.486. The van der Waals surface area contributed by atoms with Crippen LogP contribution in [0.25, 0.3) is 0 Å². The van der Waals surface area contributed by atoms with Crippen molar-refractivity contribution in [3.8, 4) is 0 Å². The summed E-state index contributed by atoms with van der Waals surface area (Å²) < 4.78 is 1.11. The average molecular weight is 389 g/mol. The quantitative estimate of drug-likeness (QED) is 0.679. The third kappa shape index (κ3) is 3.82. The fourth-order valence-electron chi connectivity index (χ4n) is 2.00. The van der Waals surface area contributed by atoms with Gasteiger partial charge in [0.2, 0.25) is 0 Å². The van der Waals surface area contributed by atoms with Crippen LogP contribution in [0, 0.1) is 13.8 Å². The van der Waals surface area contributed by atoms with E-state index < -0.39 is 0 Å². The summed E-state index contributed by atoms with van der Waals surface area (Å²) in [7, 11) is 0. The first-order chi connectivity index (χ1) is 9.92. The number of aromatic nitrogens is 1. The third-order valence-electron chi connectivity index (χ3n) is 2.97. The van der Waals surface area contributed by atoms with Crippen LogP contribution in [0.5, 0.6) is 0 Å². The molecule has 0 saturated heterocycles. The largest absolute Gasteiger partial charge is 0.369 e. The van der Waals surface area contributed by atoms with Crippen LogP contribution in [0.3, 0.4) is 0 Å². The first-order valence-electron chi connectivity index (χ1n) is 6.56. The number of nitrogens with one attached hydrogen (secondary N) is 2. The smallest absolute Gasteiger partial charge is 0.151 e. The first-order valence-corrected chi connectivity index (χ1v) is 8.11. The van der Waals surface area contributed by atoms with Crippen LogP contribution < -0.4 is 10.6 Å². The molecule has 0 aliphatic carbocycles. The van der Waals surface area contributed by atoms with Crippen LogP contribution in [0.1, 0.15) is 18.1 Å². The maximum absolute atomic E-state index is 6.22. The number of rotatable bonds is 4. The molecule has 112 valence electrons. The summed E-state index contributed by atoms with van der Waals surface area (Å²) in [6.07, 6.45) is 0. The molecule has 1 aromatic carbocycles. The normalized spacial score (nSPS) is 10.6. The number of pyridine rings is 1. The summed E-state index contributed by atoms with van der Waals surface area (Å²) in [6.45, 7) is 6.82. The molecule has 3 nitrogen and oxygen atoms in total. The first kappa shape index (κ1) is 16.4. The van der Waals surface area contributed by atoms with E-state index in [9.17, 15) is 0 Å². The molecule has 0 aliphatic heterocycles. The van der Waals surface area contributed by atoms with E-state index in [0.717, 1.165) is 27.8 Å². The van der Waals surface area contributed by atoms with Gasteiger partial charge in [0.1, 0.15) is 5.82 Å². The highest BCUT2D eigenvalue weighted by molar-refractivity contribution is 9.10. The van der Waals surface area contributed by atoms with Gasteiger partial charge in [0, 0.05) is 16.7 Å². The summed E-state index contributed by atoms with van der Waals surface area (Å²) in [6, 6.07) is 5.77. The van der Waals surface area contributed by atoms with E-state index in [1.807, 2.05) is 32.9 Å². The highest BCUT2D eigenvalue weighted by Crippen LogP contribution is 2.32. The zero-order valence-electron chi connectivity index (χ0n) is 12.0. The van der Waals surface area contributed by atoms with Crippen LogP contribution in [0.2, 0.25) is 10.0 Å². The number of anilines is 3. The van der Waals surface area contributed by atoms with E-state index in [-0.39, 0.29) is 0 Å². The van der Waals surface area contributed by atoms with Crippen molar-refractivity contribution in [1.29, 1.82) is 0 Å². The molecule has 21 heavy (non-hydrogen) atoms.